The summed E-state index contributed by atoms with van der Waals surface area (Å²) in [5.41, 5.74) is 3.42. The SMILES string of the molecule is C[C@@H]1CSC(N(C(=O)c2ccc3c(c2)C[C@H](c2ccccc2)OC3=O)c2ccc(Cl)cc2)=N1. The highest BCUT2D eigenvalue weighted by Gasteiger charge is 2.31. The van der Waals surface area contributed by atoms with Crippen molar-refractivity contribution in [3.63, 3.8) is 0 Å². The summed E-state index contributed by atoms with van der Waals surface area (Å²) in [7, 11) is 0. The number of ether oxygens (including phenoxy) is 1. The number of amides is 1. The molecule has 2 heterocycles. The summed E-state index contributed by atoms with van der Waals surface area (Å²) in [5, 5.41) is 1.26. The quantitative estimate of drug-likeness (QED) is 0.439. The number of amidine groups is 1. The molecule has 2 aliphatic heterocycles. The first-order valence-electron chi connectivity index (χ1n) is 10.7. The van der Waals surface area contributed by atoms with E-state index >= 15 is 0 Å². The second-order valence-electron chi connectivity index (χ2n) is 8.07. The highest BCUT2D eigenvalue weighted by molar-refractivity contribution is 8.14. The summed E-state index contributed by atoms with van der Waals surface area (Å²) in [5.74, 6) is 0.250. The van der Waals surface area contributed by atoms with Crippen LogP contribution in [0.2, 0.25) is 5.02 Å². The highest BCUT2D eigenvalue weighted by Crippen LogP contribution is 2.33. The lowest BCUT2D eigenvalue weighted by molar-refractivity contribution is 0.0252. The monoisotopic (exact) mass is 476 g/mol. The van der Waals surface area contributed by atoms with Crippen molar-refractivity contribution in [3.8, 4) is 0 Å². The fraction of sp³-hybridized carbons (Fsp3) is 0.192. The minimum Gasteiger partial charge on any atom is -0.454 e. The first-order chi connectivity index (χ1) is 16.0. The number of carbonyl (C=O) groups excluding carboxylic acids is 2. The largest absolute Gasteiger partial charge is 0.454 e. The zero-order valence-electron chi connectivity index (χ0n) is 17.9. The van der Waals surface area contributed by atoms with Crippen molar-refractivity contribution in [2.24, 2.45) is 4.99 Å². The number of anilines is 1. The molecule has 166 valence electrons. The Morgan fingerprint density at radius 3 is 2.55 bits per heavy atom. The second-order valence-corrected chi connectivity index (χ2v) is 9.49. The van der Waals surface area contributed by atoms with Crippen LogP contribution in [-0.4, -0.2) is 28.8 Å². The highest BCUT2D eigenvalue weighted by atomic mass is 35.5. The van der Waals surface area contributed by atoms with Crippen molar-refractivity contribution in [3.05, 3.63) is 100 Å². The standard InChI is InChI=1S/C26H21ClN2O3S/c1-16-15-33-26(28-16)29(21-10-8-20(27)9-11-21)24(30)18-7-12-22-19(13-18)14-23(32-25(22)31)17-5-3-2-4-6-17/h2-13,16,23H,14-15H2,1H3/t16-,23-/m1/s1. The van der Waals surface area contributed by atoms with E-state index < -0.39 is 0 Å². The third-order valence-corrected chi connectivity index (χ3v) is 7.11. The molecule has 7 heteroatoms. The molecule has 0 saturated heterocycles. The predicted molar refractivity (Wildman–Crippen MR) is 132 cm³/mol. The molecule has 33 heavy (non-hydrogen) atoms. The summed E-state index contributed by atoms with van der Waals surface area (Å²) < 4.78 is 5.65. The lowest BCUT2D eigenvalue weighted by atomic mass is 9.93. The third kappa shape index (κ3) is 4.41. The number of benzene rings is 3. The van der Waals surface area contributed by atoms with Crippen LogP contribution in [0.25, 0.3) is 0 Å². The van der Waals surface area contributed by atoms with Crippen molar-refractivity contribution in [2.45, 2.75) is 25.5 Å². The van der Waals surface area contributed by atoms with E-state index in [0.717, 1.165) is 16.9 Å². The number of nitrogens with zero attached hydrogens (tertiary/aromatic N) is 2. The summed E-state index contributed by atoms with van der Waals surface area (Å²) in [6, 6.07) is 22.1. The number of carbonyl (C=O) groups is 2. The molecule has 1 amide bonds. The number of cyclic esters (lactones) is 1. The van der Waals surface area contributed by atoms with E-state index in [4.69, 9.17) is 16.3 Å². The number of fused-ring (bicyclic) bond motifs is 1. The Hall–Kier alpha value is -3.09. The molecule has 2 atom stereocenters. The normalized spacial score (nSPS) is 19.5. The average Bonchev–Trinajstić information content (AvgIpc) is 3.26. The predicted octanol–water partition coefficient (Wildman–Crippen LogP) is 5.93. The summed E-state index contributed by atoms with van der Waals surface area (Å²) in [6.45, 7) is 2.03. The van der Waals surface area contributed by atoms with E-state index in [1.165, 1.54) is 0 Å². The van der Waals surface area contributed by atoms with Crippen LogP contribution in [0.15, 0.2) is 77.8 Å². The van der Waals surface area contributed by atoms with E-state index in [-0.39, 0.29) is 24.0 Å². The van der Waals surface area contributed by atoms with Gasteiger partial charge in [0.25, 0.3) is 5.91 Å². The van der Waals surface area contributed by atoms with Crippen LogP contribution >= 0.6 is 23.4 Å². The molecule has 3 aromatic carbocycles. The molecule has 0 fully saturated rings. The molecule has 0 aliphatic carbocycles. The van der Waals surface area contributed by atoms with Gasteiger partial charge in [0, 0.05) is 22.8 Å². The van der Waals surface area contributed by atoms with Gasteiger partial charge in [0.05, 0.1) is 17.3 Å². The van der Waals surface area contributed by atoms with E-state index in [2.05, 4.69) is 4.99 Å². The Bertz CT molecular complexity index is 1240. The van der Waals surface area contributed by atoms with Gasteiger partial charge in [-0.15, -0.1) is 0 Å². The van der Waals surface area contributed by atoms with Gasteiger partial charge in [-0.2, -0.15) is 0 Å². The molecule has 0 spiro atoms. The summed E-state index contributed by atoms with van der Waals surface area (Å²) in [6.07, 6.45) is 0.138. The second kappa shape index (κ2) is 9.04. The van der Waals surface area contributed by atoms with Gasteiger partial charge in [0.2, 0.25) is 0 Å². The molecule has 0 unspecified atom stereocenters. The topological polar surface area (TPSA) is 59.0 Å². The molecular weight excluding hydrogens is 456 g/mol. The van der Waals surface area contributed by atoms with E-state index in [0.29, 0.717) is 33.4 Å². The minimum absolute atomic E-state index is 0.137. The van der Waals surface area contributed by atoms with Crippen molar-refractivity contribution in [1.82, 2.24) is 0 Å². The summed E-state index contributed by atoms with van der Waals surface area (Å²) >= 11 is 7.63. The van der Waals surface area contributed by atoms with E-state index in [1.807, 2.05) is 49.4 Å². The molecule has 0 radical (unpaired) electrons. The first kappa shape index (κ1) is 21.7. The maximum Gasteiger partial charge on any atom is 0.339 e. The molecule has 0 N–H and O–H groups in total. The molecule has 0 bridgehead atoms. The van der Waals surface area contributed by atoms with Crippen LogP contribution in [0.4, 0.5) is 5.69 Å². The number of aliphatic imine (C=N–C) groups is 1. The molecule has 0 aromatic heterocycles. The Kier molecular flexibility index (Phi) is 5.96. The zero-order chi connectivity index (χ0) is 22.9. The van der Waals surface area contributed by atoms with Crippen molar-refractivity contribution in [2.75, 3.05) is 10.7 Å². The molecule has 0 saturated carbocycles. The number of hydrogen-bond donors (Lipinski definition) is 0. The summed E-state index contributed by atoms with van der Waals surface area (Å²) in [4.78, 5) is 32.6. The Morgan fingerprint density at radius 1 is 1.09 bits per heavy atom. The molecule has 5 rings (SSSR count). The zero-order valence-corrected chi connectivity index (χ0v) is 19.5. The Labute approximate surface area is 201 Å². The van der Waals surface area contributed by atoms with Gasteiger partial charge in [0.1, 0.15) is 6.10 Å². The van der Waals surface area contributed by atoms with Gasteiger partial charge in [0.15, 0.2) is 5.17 Å². The van der Waals surface area contributed by atoms with Gasteiger partial charge in [-0.05, 0) is 60.5 Å². The van der Waals surface area contributed by atoms with E-state index in [9.17, 15) is 9.59 Å². The van der Waals surface area contributed by atoms with E-state index in [1.54, 1.807) is 47.0 Å². The van der Waals surface area contributed by atoms with Gasteiger partial charge in [-0.25, -0.2) is 4.79 Å². The molecular formula is C26H21ClN2O3S. The van der Waals surface area contributed by atoms with Crippen molar-refractivity contribution >= 4 is 46.1 Å². The van der Waals surface area contributed by atoms with Crippen LogP contribution in [0.1, 0.15) is 44.9 Å². The van der Waals surface area contributed by atoms with Crippen LogP contribution in [-0.2, 0) is 11.2 Å². The van der Waals surface area contributed by atoms with Crippen LogP contribution in [0.5, 0.6) is 0 Å². The fourth-order valence-corrected chi connectivity index (χ4v) is 5.16. The van der Waals surface area contributed by atoms with Crippen LogP contribution in [0, 0.1) is 0 Å². The Balaban J connectivity index is 1.50. The first-order valence-corrected chi connectivity index (χ1v) is 12.1. The number of esters is 1. The van der Waals surface area contributed by atoms with Crippen LogP contribution in [0.3, 0.4) is 0 Å². The maximum absolute atomic E-state index is 13.7. The number of hydrogen-bond acceptors (Lipinski definition) is 5. The minimum atomic E-state index is -0.375. The third-order valence-electron chi connectivity index (χ3n) is 5.66. The molecule has 5 nitrogen and oxygen atoms in total. The van der Waals surface area contributed by atoms with Crippen molar-refractivity contribution < 1.29 is 14.3 Å². The number of thioether (sulfide) groups is 1. The van der Waals surface area contributed by atoms with Gasteiger partial charge in [-0.3, -0.25) is 14.7 Å². The molecule has 3 aromatic rings. The Morgan fingerprint density at radius 2 is 1.85 bits per heavy atom. The molecule has 2 aliphatic rings. The smallest absolute Gasteiger partial charge is 0.339 e. The van der Waals surface area contributed by atoms with Gasteiger partial charge in [-0.1, -0.05) is 53.7 Å². The average molecular weight is 477 g/mol. The lowest BCUT2D eigenvalue weighted by Gasteiger charge is -2.26. The van der Waals surface area contributed by atoms with Crippen molar-refractivity contribution in [1.29, 1.82) is 0 Å². The number of rotatable bonds is 3. The van der Waals surface area contributed by atoms with Gasteiger partial charge >= 0.3 is 5.97 Å². The lowest BCUT2D eigenvalue weighted by Crippen LogP contribution is -2.35. The fourth-order valence-electron chi connectivity index (χ4n) is 4.00. The van der Waals surface area contributed by atoms with Gasteiger partial charge < -0.3 is 4.74 Å². The number of halogens is 1. The van der Waals surface area contributed by atoms with Crippen LogP contribution < -0.4 is 4.90 Å². The maximum atomic E-state index is 13.7.